The normalized spacial score (nSPS) is 13.6. The van der Waals surface area contributed by atoms with E-state index in [1.165, 1.54) is 24.8 Å². The Labute approximate surface area is 248 Å². The Kier molecular flexibility index (Phi) is 9.49. The second-order valence-corrected chi connectivity index (χ2v) is 11.2. The number of piperidine rings is 1. The van der Waals surface area contributed by atoms with Crippen LogP contribution in [0.4, 0.5) is 17.2 Å². The summed E-state index contributed by atoms with van der Waals surface area (Å²) in [5.74, 6) is 0.144. The second kappa shape index (κ2) is 13.6. The number of hydrogen-bond donors (Lipinski definition) is 2. The molecule has 1 amide bonds. The molecule has 3 aromatic carbocycles. The molecule has 2 N–H and O–H groups in total. The quantitative estimate of drug-likeness (QED) is 0.216. The van der Waals surface area contributed by atoms with Crippen molar-refractivity contribution in [1.29, 1.82) is 0 Å². The lowest BCUT2D eigenvalue weighted by molar-refractivity contribution is 0.102. The summed E-state index contributed by atoms with van der Waals surface area (Å²) in [6.45, 7) is 7.29. The van der Waals surface area contributed by atoms with Gasteiger partial charge in [0.05, 0.1) is 5.69 Å². The minimum atomic E-state index is -0.203. The molecule has 0 saturated carbocycles. The zero-order valence-electron chi connectivity index (χ0n) is 25.0. The number of nitrogens with zero attached hydrogens (tertiary/aromatic N) is 3. The molecular weight excluding hydrogens is 522 g/mol. The van der Waals surface area contributed by atoms with Crippen LogP contribution in [0.3, 0.4) is 0 Å². The van der Waals surface area contributed by atoms with Crippen LogP contribution < -0.4 is 16.2 Å². The fourth-order valence-electron chi connectivity index (χ4n) is 5.64. The van der Waals surface area contributed by atoms with E-state index in [0.29, 0.717) is 11.3 Å². The number of anilines is 3. The highest BCUT2D eigenvalue weighted by Crippen LogP contribution is 2.29. The van der Waals surface area contributed by atoms with Crippen LogP contribution in [0.1, 0.15) is 66.1 Å². The van der Waals surface area contributed by atoms with Crippen LogP contribution in [-0.2, 0) is 20.0 Å². The smallest absolute Gasteiger partial charge is 0.293 e. The Morgan fingerprint density at radius 3 is 2.57 bits per heavy atom. The molecule has 1 saturated heterocycles. The Hall–Kier alpha value is -4.23. The van der Waals surface area contributed by atoms with E-state index in [4.69, 9.17) is 4.98 Å². The number of nitrogens with one attached hydrogen (secondary N) is 2. The number of aryl methyl sites for hydroxylation is 2. The van der Waals surface area contributed by atoms with E-state index in [0.717, 1.165) is 67.0 Å². The Morgan fingerprint density at radius 2 is 1.76 bits per heavy atom. The molecule has 4 aromatic rings. The number of carbonyl (C=O) groups excluding carboxylic acids is 1. The first kappa shape index (κ1) is 29.3. The Morgan fingerprint density at radius 1 is 0.976 bits per heavy atom. The molecule has 1 aliphatic rings. The van der Waals surface area contributed by atoms with Gasteiger partial charge >= 0.3 is 0 Å². The minimum absolute atomic E-state index is 0.123. The molecule has 0 atom stereocenters. The third-order valence-corrected chi connectivity index (χ3v) is 8.04. The largest absolute Gasteiger partial charge is 0.336 e. The van der Waals surface area contributed by atoms with Gasteiger partial charge < -0.3 is 15.2 Å². The lowest BCUT2D eigenvalue weighted by Crippen LogP contribution is -2.29. The van der Waals surface area contributed by atoms with Crippen molar-refractivity contribution in [3.05, 3.63) is 106 Å². The first-order valence-electron chi connectivity index (χ1n) is 15.1. The number of carbonyl (C=O) groups is 1. The van der Waals surface area contributed by atoms with Gasteiger partial charge in [0.25, 0.3) is 11.5 Å². The maximum atomic E-state index is 13.3. The summed E-state index contributed by atoms with van der Waals surface area (Å²) in [6.07, 6.45) is 8.54. The maximum absolute atomic E-state index is 13.3. The van der Waals surface area contributed by atoms with E-state index >= 15 is 0 Å². The molecule has 0 bridgehead atoms. The number of likely N-dealkylation sites (tertiary alicyclic amines) is 1. The number of amides is 1. The molecule has 0 radical (unpaired) electrons. The van der Waals surface area contributed by atoms with Gasteiger partial charge in [0.2, 0.25) is 0 Å². The van der Waals surface area contributed by atoms with Gasteiger partial charge in [-0.2, -0.15) is 0 Å². The first-order valence-corrected chi connectivity index (χ1v) is 15.1. The summed E-state index contributed by atoms with van der Waals surface area (Å²) < 4.78 is 1.55. The standard InChI is InChI=1S/C35H41N5O2/c1-4-5-14-27-15-7-8-17-30(27)34(41)38-31-19-12-18-29(25(31)2)32-24-39(3)35(42)33(37-32)36-28-16-11-13-26(22-28)23-40-20-9-6-10-21-40/h7-8,11-13,15-19,22,24H,4-6,9-10,14,20-21,23H2,1-3H3,(H,36,37)(H,38,41). The highest BCUT2D eigenvalue weighted by molar-refractivity contribution is 6.06. The van der Waals surface area contributed by atoms with Crippen LogP contribution in [0.15, 0.2) is 77.7 Å². The topological polar surface area (TPSA) is 79.3 Å². The highest BCUT2D eigenvalue weighted by Gasteiger charge is 2.16. The average Bonchev–Trinajstić information content (AvgIpc) is 3.00. The summed E-state index contributed by atoms with van der Waals surface area (Å²) in [7, 11) is 1.74. The van der Waals surface area contributed by atoms with E-state index in [-0.39, 0.29) is 17.3 Å². The molecule has 0 spiro atoms. The van der Waals surface area contributed by atoms with Crippen molar-refractivity contribution in [3.63, 3.8) is 0 Å². The summed E-state index contributed by atoms with van der Waals surface area (Å²) in [5, 5.41) is 6.40. The number of aromatic nitrogens is 2. The third-order valence-electron chi connectivity index (χ3n) is 8.04. The Bertz CT molecular complexity index is 1600. The van der Waals surface area contributed by atoms with Gasteiger partial charge in [-0.25, -0.2) is 4.98 Å². The summed E-state index contributed by atoms with van der Waals surface area (Å²) >= 11 is 0. The lowest BCUT2D eigenvalue weighted by atomic mass is 10.0. The molecule has 42 heavy (non-hydrogen) atoms. The predicted octanol–water partition coefficient (Wildman–Crippen LogP) is 7.08. The second-order valence-electron chi connectivity index (χ2n) is 11.2. The van der Waals surface area contributed by atoms with E-state index in [2.05, 4.69) is 34.6 Å². The van der Waals surface area contributed by atoms with Crippen molar-refractivity contribution >= 4 is 23.1 Å². The predicted molar refractivity (Wildman–Crippen MR) is 172 cm³/mol. The number of rotatable bonds is 10. The fraction of sp³-hybridized carbons (Fsp3) is 0.343. The van der Waals surface area contributed by atoms with Crippen molar-refractivity contribution in [2.75, 3.05) is 23.7 Å². The van der Waals surface area contributed by atoms with Crippen molar-refractivity contribution in [2.45, 2.75) is 58.9 Å². The molecule has 1 fully saturated rings. The van der Waals surface area contributed by atoms with Crippen molar-refractivity contribution < 1.29 is 4.79 Å². The molecule has 1 aliphatic heterocycles. The molecule has 218 valence electrons. The molecule has 5 rings (SSSR count). The van der Waals surface area contributed by atoms with Crippen LogP contribution >= 0.6 is 0 Å². The number of unbranched alkanes of at least 4 members (excludes halogenated alkanes) is 1. The molecule has 7 heteroatoms. The summed E-state index contributed by atoms with van der Waals surface area (Å²) in [6, 6.07) is 21.8. The van der Waals surface area contributed by atoms with Gasteiger partial charge in [0, 0.05) is 42.3 Å². The monoisotopic (exact) mass is 563 g/mol. The van der Waals surface area contributed by atoms with Gasteiger partial charge in [-0.1, -0.05) is 62.2 Å². The van der Waals surface area contributed by atoms with Crippen LogP contribution in [-0.4, -0.2) is 33.4 Å². The van der Waals surface area contributed by atoms with Crippen LogP contribution in [0.25, 0.3) is 11.3 Å². The molecule has 0 unspecified atom stereocenters. The zero-order valence-corrected chi connectivity index (χ0v) is 25.0. The van der Waals surface area contributed by atoms with Gasteiger partial charge in [0.15, 0.2) is 5.82 Å². The van der Waals surface area contributed by atoms with Crippen molar-refractivity contribution in [1.82, 2.24) is 14.5 Å². The van der Waals surface area contributed by atoms with E-state index in [1.807, 2.05) is 61.5 Å². The van der Waals surface area contributed by atoms with Gasteiger partial charge in [-0.15, -0.1) is 0 Å². The van der Waals surface area contributed by atoms with Crippen LogP contribution in [0.2, 0.25) is 0 Å². The van der Waals surface area contributed by atoms with E-state index < -0.39 is 0 Å². The minimum Gasteiger partial charge on any atom is -0.336 e. The van der Waals surface area contributed by atoms with Crippen LogP contribution in [0, 0.1) is 6.92 Å². The number of benzene rings is 3. The maximum Gasteiger partial charge on any atom is 0.293 e. The highest BCUT2D eigenvalue weighted by atomic mass is 16.1. The zero-order chi connectivity index (χ0) is 29.5. The van der Waals surface area contributed by atoms with E-state index in [9.17, 15) is 9.59 Å². The average molecular weight is 564 g/mol. The van der Waals surface area contributed by atoms with Crippen LogP contribution in [0.5, 0.6) is 0 Å². The molecule has 2 heterocycles. The molecule has 1 aromatic heterocycles. The number of hydrogen-bond acceptors (Lipinski definition) is 5. The molecular formula is C35H41N5O2. The fourth-order valence-corrected chi connectivity index (χ4v) is 5.64. The summed E-state index contributed by atoms with van der Waals surface area (Å²) in [4.78, 5) is 33.7. The van der Waals surface area contributed by atoms with Gasteiger partial charge in [-0.3, -0.25) is 14.5 Å². The van der Waals surface area contributed by atoms with Gasteiger partial charge in [-0.05, 0) is 86.7 Å². The van der Waals surface area contributed by atoms with Crippen molar-refractivity contribution in [3.8, 4) is 11.3 Å². The molecule has 7 nitrogen and oxygen atoms in total. The lowest BCUT2D eigenvalue weighted by Gasteiger charge is -2.26. The third kappa shape index (κ3) is 6.97. The first-order chi connectivity index (χ1) is 20.4. The molecule has 0 aliphatic carbocycles. The Balaban J connectivity index is 1.38. The van der Waals surface area contributed by atoms with E-state index in [1.54, 1.807) is 17.8 Å². The van der Waals surface area contributed by atoms with Gasteiger partial charge in [0.1, 0.15) is 0 Å². The summed E-state index contributed by atoms with van der Waals surface area (Å²) in [5.41, 5.74) is 6.72. The van der Waals surface area contributed by atoms with Crippen molar-refractivity contribution in [2.24, 2.45) is 7.05 Å². The SMILES string of the molecule is CCCCc1ccccc1C(=O)Nc1cccc(-c2cn(C)c(=O)c(Nc3cccc(CN4CCCCC4)c3)n2)c1C.